The molecule has 0 bridgehead atoms. The van der Waals surface area contributed by atoms with Crippen LogP contribution in [0.5, 0.6) is 0 Å². The average molecular weight is 162 g/mol. The lowest BCUT2D eigenvalue weighted by Crippen LogP contribution is -2.29. The van der Waals surface area contributed by atoms with Crippen molar-refractivity contribution in [3.8, 4) is 0 Å². The van der Waals surface area contributed by atoms with Crippen LogP contribution in [0, 0.1) is 0 Å². The normalized spacial score (nSPS) is 10.7. The Balaban J connectivity index is 3.79. The molecule has 0 aromatic rings. The van der Waals surface area contributed by atoms with E-state index in [1.54, 1.807) is 13.8 Å². The van der Waals surface area contributed by atoms with Gasteiger partial charge in [0.2, 0.25) is 0 Å². The predicted molar refractivity (Wildman–Crippen MR) is 39.0 cm³/mol. The number of ether oxygens (including phenoxy) is 3. The zero-order valence-corrected chi connectivity index (χ0v) is 7.29. The summed E-state index contributed by atoms with van der Waals surface area (Å²) < 4.78 is 14.1. The fourth-order valence-corrected chi connectivity index (χ4v) is 0.577. The molecule has 0 aromatic heterocycles. The predicted octanol–water partition coefficient (Wildman–Crippen LogP) is 0.557. The summed E-state index contributed by atoms with van der Waals surface area (Å²) >= 11 is 0. The van der Waals surface area contributed by atoms with E-state index in [-0.39, 0.29) is 6.10 Å². The molecule has 0 radical (unpaired) electrons. The summed E-state index contributed by atoms with van der Waals surface area (Å²) in [5.74, 6) is -0.495. The summed E-state index contributed by atoms with van der Waals surface area (Å²) in [4.78, 5) is 10.9. The molecule has 0 unspecified atom stereocenters. The Morgan fingerprint density at radius 2 is 1.64 bits per heavy atom. The van der Waals surface area contributed by atoms with Crippen LogP contribution < -0.4 is 0 Å². The molecule has 0 aromatic carbocycles. The summed E-state index contributed by atoms with van der Waals surface area (Å²) in [7, 11) is 2.77. The van der Waals surface area contributed by atoms with Gasteiger partial charge in [-0.2, -0.15) is 0 Å². The number of hydrogen-bond acceptors (Lipinski definition) is 4. The van der Waals surface area contributed by atoms with Gasteiger partial charge in [-0.1, -0.05) is 0 Å². The molecule has 0 rings (SSSR count). The highest BCUT2D eigenvalue weighted by Gasteiger charge is 2.18. The Kier molecular flexibility index (Phi) is 4.81. The monoisotopic (exact) mass is 162 g/mol. The molecule has 0 fully saturated rings. The van der Waals surface area contributed by atoms with Crippen molar-refractivity contribution in [1.29, 1.82) is 0 Å². The fourth-order valence-electron chi connectivity index (χ4n) is 0.577. The van der Waals surface area contributed by atoms with Gasteiger partial charge in [0.25, 0.3) is 6.29 Å². The molecule has 0 spiro atoms. The third-order valence-electron chi connectivity index (χ3n) is 0.972. The Labute approximate surface area is 66.4 Å². The molecular weight excluding hydrogens is 148 g/mol. The van der Waals surface area contributed by atoms with Gasteiger partial charge in [-0.15, -0.1) is 0 Å². The minimum Gasteiger partial charge on any atom is -0.459 e. The smallest absolute Gasteiger partial charge is 0.363 e. The second-order valence-electron chi connectivity index (χ2n) is 2.29. The first-order valence-electron chi connectivity index (χ1n) is 3.38. The van der Waals surface area contributed by atoms with Crippen LogP contribution in [0.25, 0.3) is 0 Å². The van der Waals surface area contributed by atoms with Crippen LogP contribution in [0.4, 0.5) is 0 Å². The number of esters is 1. The van der Waals surface area contributed by atoms with Crippen LogP contribution in [0.1, 0.15) is 13.8 Å². The molecule has 0 atom stereocenters. The topological polar surface area (TPSA) is 44.8 Å². The zero-order chi connectivity index (χ0) is 8.85. The molecule has 11 heavy (non-hydrogen) atoms. The first-order valence-corrected chi connectivity index (χ1v) is 3.38. The third kappa shape index (κ3) is 3.95. The second-order valence-corrected chi connectivity index (χ2v) is 2.29. The lowest BCUT2D eigenvalue weighted by atomic mass is 10.5. The maximum Gasteiger partial charge on any atom is 0.363 e. The lowest BCUT2D eigenvalue weighted by Gasteiger charge is -2.14. The van der Waals surface area contributed by atoms with Crippen molar-refractivity contribution in [2.75, 3.05) is 14.2 Å². The van der Waals surface area contributed by atoms with Crippen LogP contribution in [-0.2, 0) is 19.0 Å². The van der Waals surface area contributed by atoms with E-state index < -0.39 is 12.3 Å². The quantitative estimate of drug-likeness (QED) is 0.447. The highest BCUT2D eigenvalue weighted by molar-refractivity contribution is 5.73. The van der Waals surface area contributed by atoms with Gasteiger partial charge in [0.05, 0.1) is 6.10 Å². The highest BCUT2D eigenvalue weighted by atomic mass is 16.7. The molecule has 66 valence electrons. The molecule has 0 aliphatic heterocycles. The SMILES string of the molecule is COC(OC)C(=O)OC(C)C. The number of carbonyl (C=O) groups is 1. The number of carbonyl (C=O) groups excluding carboxylic acids is 1. The number of rotatable bonds is 4. The van der Waals surface area contributed by atoms with Crippen molar-refractivity contribution >= 4 is 5.97 Å². The third-order valence-corrected chi connectivity index (χ3v) is 0.972. The van der Waals surface area contributed by atoms with Crippen molar-refractivity contribution in [2.45, 2.75) is 26.2 Å². The van der Waals surface area contributed by atoms with Gasteiger partial charge in [-0.3, -0.25) is 0 Å². The molecule has 0 aliphatic rings. The van der Waals surface area contributed by atoms with Crippen molar-refractivity contribution in [2.24, 2.45) is 0 Å². The maximum absolute atomic E-state index is 10.9. The van der Waals surface area contributed by atoms with Crippen molar-refractivity contribution < 1.29 is 19.0 Å². The van der Waals surface area contributed by atoms with Crippen LogP contribution >= 0.6 is 0 Å². The Hall–Kier alpha value is -0.610. The summed E-state index contributed by atoms with van der Waals surface area (Å²) in [6, 6.07) is 0. The molecular formula is C7H14O4. The van der Waals surface area contributed by atoms with Crippen molar-refractivity contribution in [3.63, 3.8) is 0 Å². The Bertz CT molecular complexity index is 118. The van der Waals surface area contributed by atoms with E-state index in [1.165, 1.54) is 14.2 Å². The summed E-state index contributed by atoms with van der Waals surface area (Å²) in [6.07, 6.45) is -1.05. The minimum atomic E-state index is -0.905. The molecule has 0 N–H and O–H groups in total. The second kappa shape index (κ2) is 5.09. The molecule has 0 heterocycles. The largest absolute Gasteiger partial charge is 0.459 e. The standard InChI is InChI=1S/C7H14O4/c1-5(2)11-6(8)7(9-3)10-4/h5,7H,1-4H3. The first kappa shape index (κ1) is 10.4. The summed E-state index contributed by atoms with van der Waals surface area (Å²) in [5.41, 5.74) is 0. The lowest BCUT2D eigenvalue weighted by molar-refractivity contribution is -0.187. The van der Waals surface area contributed by atoms with Crippen LogP contribution in [0.3, 0.4) is 0 Å². The molecule has 0 saturated carbocycles. The molecule has 0 amide bonds. The molecule has 0 saturated heterocycles. The summed E-state index contributed by atoms with van der Waals surface area (Å²) in [6.45, 7) is 3.53. The maximum atomic E-state index is 10.9. The van der Waals surface area contributed by atoms with E-state index >= 15 is 0 Å². The van der Waals surface area contributed by atoms with Crippen molar-refractivity contribution in [1.82, 2.24) is 0 Å². The van der Waals surface area contributed by atoms with Gasteiger partial charge in [0.15, 0.2) is 0 Å². The van der Waals surface area contributed by atoms with Gasteiger partial charge >= 0.3 is 5.97 Å². The van der Waals surface area contributed by atoms with E-state index in [4.69, 9.17) is 4.74 Å². The van der Waals surface area contributed by atoms with Gasteiger partial charge < -0.3 is 14.2 Å². The van der Waals surface area contributed by atoms with E-state index in [2.05, 4.69) is 9.47 Å². The van der Waals surface area contributed by atoms with E-state index in [0.29, 0.717) is 0 Å². The van der Waals surface area contributed by atoms with Gasteiger partial charge in [0.1, 0.15) is 0 Å². The molecule has 4 nitrogen and oxygen atoms in total. The van der Waals surface area contributed by atoms with E-state index in [0.717, 1.165) is 0 Å². The first-order chi connectivity index (χ1) is 5.11. The van der Waals surface area contributed by atoms with Gasteiger partial charge in [0, 0.05) is 14.2 Å². The average Bonchev–Trinajstić information content (AvgIpc) is 1.88. The van der Waals surface area contributed by atoms with Gasteiger partial charge in [-0.25, -0.2) is 4.79 Å². The fraction of sp³-hybridized carbons (Fsp3) is 0.857. The van der Waals surface area contributed by atoms with E-state index in [1.807, 2.05) is 0 Å². The minimum absolute atomic E-state index is 0.143. The highest BCUT2D eigenvalue weighted by Crippen LogP contribution is 1.97. The van der Waals surface area contributed by atoms with E-state index in [9.17, 15) is 4.79 Å². The molecule has 0 aliphatic carbocycles. The Morgan fingerprint density at radius 1 is 1.18 bits per heavy atom. The van der Waals surface area contributed by atoms with Gasteiger partial charge in [-0.05, 0) is 13.8 Å². The Morgan fingerprint density at radius 3 is 1.91 bits per heavy atom. The summed E-state index contributed by atoms with van der Waals surface area (Å²) in [5, 5.41) is 0. The van der Waals surface area contributed by atoms with Crippen molar-refractivity contribution in [3.05, 3.63) is 0 Å². The number of hydrogen-bond donors (Lipinski definition) is 0. The van der Waals surface area contributed by atoms with Crippen LogP contribution in [-0.4, -0.2) is 32.6 Å². The number of methoxy groups -OCH3 is 2. The van der Waals surface area contributed by atoms with Crippen LogP contribution in [0.15, 0.2) is 0 Å². The zero-order valence-electron chi connectivity index (χ0n) is 7.29. The van der Waals surface area contributed by atoms with Crippen LogP contribution in [0.2, 0.25) is 0 Å². The molecule has 4 heteroatoms.